The summed E-state index contributed by atoms with van der Waals surface area (Å²) < 4.78 is 0. The minimum Gasteiger partial charge on any atom is -0.315 e. The van der Waals surface area contributed by atoms with E-state index < -0.39 is 0 Å². The second-order valence-corrected chi connectivity index (χ2v) is 5.14. The highest BCUT2D eigenvalue weighted by atomic mass is 15.1. The van der Waals surface area contributed by atoms with Crippen LogP contribution in [0.5, 0.6) is 0 Å². The Hall–Kier alpha value is -0.0800. The van der Waals surface area contributed by atoms with Crippen molar-refractivity contribution in [2.24, 2.45) is 5.92 Å². The highest BCUT2D eigenvalue weighted by Gasteiger charge is 2.18. The molecule has 0 bridgehead atoms. The Kier molecular flexibility index (Phi) is 6.26. The fourth-order valence-corrected chi connectivity index (χ4v) is 2.28. The van der Waals surface area contributed by atoms with Crippen LogP contribution in [0.2, 0.25) is 0 Å². The van der Waals surface area contributed by atoms with Crippen LogP contribution in [0.15, 0.2) is 0 Å². The molecule has 0 aromatic rings. The van der Waals surface area contributed by atoms with Crippen molar-refractivity contribution in [3.8, 4) is 0 Å². The molecule has 2 nitrogen and oxygen atoms in total. The molecule has 1 aliphatic carbocycles. The molecule has 0 spiro atoms. The molecule has 2 heteroatoms. The van der Waals surface area contributed by atoms with Gasteiger partial charge < -0.3 is 10.2 Å². The molecular formula is C13H28N2. The molecule has 0 aromatic heterocycles. The topological polar surface area (TPSA) is 15.3 Å². The summed E-state index contributed by atoms with van der Waals surface area (Å²) >= 11 is 0. The lowest BCUT2D eigenvalue weighted by Crippen LogP contribution is -2.36. The predicted octanol–water partition coefficient (Wildman–Crippen LogP) is 2.50. The van der Waals surface area contributed by atoms with Crippen LogP contribution in [-0.4, -0.2) is 37.6 Å². The van der Waals surface area contributed by atoms with Crippen molar-refractivity contribution in [3.63, 3.8) is 0 Å². The van der Waals surface area contributed by atoms with Gasteiger partial charge >= 0.3 is 0 Å². The summed E-state index contributed by atoms with van der Waals surface area (Å²) in [5, 5.41) is 3.55. The van der Waals surface area contributed by atoms with Gasteiger partial charge in [-0.05, 0) is 32.4 Å². The summed E-state index contributed by atoms with van der Waals surface area (Å²) in [4.78, 5) is 2.54. The first-order valence-corrected chi connectivity index (χ1v) is 6.65. The van der Waals surface area contributed by atoms with Gasteiger partial charge in [0, 0.05) is 19.1 Å². The Bertz CT molecular complexity index is 153. The third-order valence-corrected chi connectivity index (χ3v) is 3.78. The largest absolute Gasteiger partial charge is 0.315 e. The van der Waals surface area contributed by atoms with Crippen molar-refractivity contribution < 1.29 is 0 Å². The van der Waals surface area contributed by atoms with Gasteiger partial charge in [-0.25, -0.2) is 0 Å². The number of likely N-dealkylation sites (N-methyl/N-ethyl adjacent to an activating group) is 1. The van der Waals surface area contributed by atoms with Crippen LogP contribution < -0.4 is 5.32 Å². The number of hydrogen-bond donors (Lipinski definition) is 1. The van der Waals surface area contributed by atoms with Crippen molar-refractivity contribution in [1.82, 2.24) is 10.2 Å². The number of nitrogens with one attached hydrogen (secondary N) is 1. The molecule has 1 fully saturated rings. The Balaban J connectivity index is 1.99. The van der Waals surface area contributed by atoms with Gasteiger partial charge in [0.05, 0.1) is 0 Å². The normalized spacial score (nSPS) is 20.0. The maximum Gasteiger partial charge on any atom is 0.0107 e. The SMILES string of the molecule is CCC(C)CNCCN(C)C1CCCC1. The first-order valence-electron chi connectivity index (χ1n) is 6.65. The standard InChI is InChI=1S/C13H28N2/c1-4-12(2)11-14-9-10-15(3)13-7-5-6-8-13/h12-14H,4-11H2,1-3H3. The van der Waals surface area contributed by atoms with E-state index in [1.807, 2.05) is 0 Å². The van der Waals surface area contributed by atoms with Crippen LogP contribution in [0.4, 0.5) is 0 Å². The third-order valence-electron chi connectivity index (χ3n) is 3.78. The van der Waals surface area contributed by atoms with Crippen LogP contribution >= 0.6 is 0 Å². The zero-order valence-corrected chi connectivity index (χ0v) is 10.8. The van der Waals surface area contributed by atoms with Crippen molar-refractivity contribution >= 4 is 0 Å². The first-order chi connectivity index (χ1) is 7.24. The molecular weight excluding hydrogens is 184 g/mol. The summed E-state index contributed by atoms with van der Waals surface area (Å²) in [6.07, 6.45) is 7.00. The fraction of sp³-hybridized carbons (Fsp3) is 1.00. The number of hydrogen-bond acceptors (Lipinski definition) is 2. The minimum atomic E-state index is 0.821. The van der Waals surface area contributed by atoms with Gasteiger partial charge in [0.2, 0.25) is 0 Å². The van der Waals surface area contributed by atoms with E-state index in [0.29, 0.717) is 0 Å². The van der Waals surface area contributed by atoms with Gasteiger partial charge in [0.1, 0.15) is 0 Å². The Labute approximate surface area is 95.4 Å². The lowest BCUT2D eigenvalue weighted by molar-refractivity contribution is 0.244. The van der Waals surface area contributed by atoms with Gasteiger partial charge in [-0.15, -0.1) is 0 Å². The first kappa shape index (κ1) is 13.0. The molecule has 1 N–H and O–H groups in total. The summed E-state index contributed by atoms with van der Waals surface area (Å²) in [6, 6.07) is 0.871. The molecule has 1 atom stereocenters. The van der Waals surface area contributed by atoms with E-state index in [1.165, 1.54) is 45.2 Å². The van der Waals surface area contributed by atoms with Crippen LogP contribution in [-0.2, 0) is 0 Å². The summed E-state index contributed by atoms with van der Waals surface area (Å²) in [5.41, 5.74) is 0. The zero-order valence-electron chi connectivity index (χ0n) is 10.8. The molecule has 1 saturated carbocycles. The fourth-order valence-electron chi connectivity index (χ4n) is 2.28. The van der Waals surface area contributed by atoms with E-state index in [1.54, 1.807) is 0 Å². The summed E-state index contributed by atoms with van der Waals surface area (Å²) in [7, 11) is 2.28. The zero-order chi connectivity index (χ0) is 11.1. The summed E-state index contributed by atoms with van der Waals surface area (Å²) in [6.45, 7) is 8.11. The monoisotopic (exact) mass is 212 g/mol. The van der Waals surface area contributed by atoms with Crippen molar-refractivity contribution in [2.75, 3.05) is 26.7 Å². The molecule has 0 amide bonds. The van der Waals surface area contributed by atoms with Crippen molar-refractivity contribution in [1.29, 1.82) is 0 Å². The maximum atomic E-state index is 3.55. The van der Waals surface area contributed by atoms with Gasteiger partial charge in [-0.2, -0.15) is 0 Å². The maximum absolute atomic E-state index is 3.55. The number of nitrogens with zero attached hydrogens (tertiary/aromatic N) is 1. The summed E-state index contributed by atoms with van der Waals surface area (Å²) in [5.74, 6) is 0.821. The van der Waals surface area contributed by atoms with Crippen LogP contribution in [0.3, 0.4) is 0 Å². The average molecular weight is 212 g/mol. The third kappa shape index (κ3) is 4.98. The van der Waals surface area contributed by atoms with Crippen LogP contribution in [0, 0.1) is 5.92 Å². The number of rotatable bonds is 7. The molecule has 1 aliphatic rings. The van der Waals surface area contributed by atoms with Gasteiger partial charge in [-0.3, -0.25) is 0 Å². The molecule has 90 valence electrons. The van der Waals surface area contributed by atoms with E-state index in [-0.39, 0.29) is 0 Å². The second kappa shape index (κ2) is 7.24. The Morgan fingerprint density at radius 3 is 2.60 bits per heavy atom. The quantitative estimate of drug-likeness (QED) is 0.652. The van der Waals surface area contributed by atoms with Gasteiger partial charge in [0.25, 0.3) is 0 Å². The highest BCUT2D eigenvalue weighted by molar-refractivity contribution is 4.75. The Morgan fingerprint density at radius 1 is 1.33 bits per heavy atom. The van der Waals surface area contributed by atoms with Gasteiger partial charge in [-0.1, -0.05) is 33.1 Å². The van der Waals surface area contributed by atoms with Crippen LogP contribution in [0.1, 0.15) is 46.0 Å². The lowest BCUT2D eigenvalue weighted by atomic mass is 10.1. The van der Waals surface area contributed by atoms with E-state index >= 15 is 0 Å². The van der Waals surface area contributed by atoms with Crippen molar-refractivity contribution in [2.45, 2.75) is 52.0 Å². The lowest BCUT2D eigenvalue weighted by Gasteiger charge is -2.24. The Morgan fingerprint density at radius 2 is 2.00 bits per heavy atom. The van der Waals surface area contributed by atoms with Crippen molar-refractivity contribution in [3.05, 3.63) is 0 Å². The smallest absolute Gasteiger partial charge is 0.0107 e. The molecule has 0 aromatic carbocycles. The molecule has 1 rings (SSSR count). The van der Waals surface area contributed by atoms with E-state index in [0.717, 1.165) is 18.5 Å². The molecule has 0 aliphatic heterocycles. The van der Waals surface area contributed by atoms with E-state index in [4.69, 9.17) is 0 Å². The van der Waals surface area contributed by atoms with Gasteiger partial charge in [0.15, 0.2) is 0 Å². The molecule has 1 unspecified atom stereocenters. The average Bonchev–Trinajstić information content (AvgIpc) is 2.77. The highest BCUT2D eigenvalue weighted by Crippen LogP contribution is 2.21. The van der Waals surface area contributed by atoms with Crippen LogP contribution in [0.25, 0.3) is 0 Å². The van der Waals surface area contributed by atoms with E-state index in [9.17, 15) is 0 Å². The van der Waals surface area contributed by atoms with E-state index in [2.05, 4.69) is 31.1 Å². The predicted molar refractivity (Wildman–Crippen MR) is 67.2 cm³/mol. The molecule has 0 saturated heterocycles. The molecule has 0 heterocycles. The second-order valence-electron chi connectivity index (χ2n) is 5.14. The minimum absolute atomic E-state index is 0.821. The molecule has 0 radical (unpaired) electrons. The molecule has 15 heavy (non-hydrogen) atoms.